The fraction of sp³-hybridized carbons (Fsp3) is 0.118. The lowest BCUT2D eigenvalue weighted by molar-refractivity contribution is 0.0950. The largest absolute Gasteiger partial charge is 0.497 e. The number of thiazole rings is 1. The second kappa shape index (κ2) is 7.02. The highest BCUT2D eigenvalue weighted by Gasteiger charge is 2.08. The molecule has 1 aromatic carbocycles. The Morgan fingerprint density at radius 3 is 2.74 bits per heavy atom. The Hall–Kier alpha value is -2.73. The number of rotatable bonds is 5. The molecule has 0 unspecified atom stereocenters. The van der Waals surface area contributed by atoms with Crippen molar-refractivity contribution >= 4 is 17.2 Å². The van der Waals surface area contributed by atoms with E-state index in [-0.39, 0.29) is 5.91 Å². The van der Waals surface area contributed by atoms with E-state index in [1.54, 1.807) is 25.0 Å². The van der Waals surface area contributed by atoms with Gasteiger partial charge in [0.1, 0.15) is 5.75 Å². The zero-order valence-corrected chi connectivity index (χ0v) is 13.3. The number of nitrogens with one attached hydrogen (secondary N) is 1. The van der Waals surface area contributed by atoms with Gasteiger partial charge >= 0.3 is 0 Å². The number of carbonyl (C=O) groups is 1. The van der Waals surface area contributed by atoms with Gasteiger partial charge in [0.05, 0.1) is 30.4 Å². The van der Waals surface area contributed by atoms with Crippen LogP contribution in [0, 0.1) is 0 Å². The van der Waals surface area contributed by atoms with Crippen molar-refractivity contribution in [2.45, 2.75) is 6.54 Å². The lowest BCUT2D eigenvalue weighted by Crippen LogP contribution is -2.23. The van der Waals surface area contributed by atoms with E-state index in [0.717, 1.165) is 22.6 Å². The van der Waals surface area contributed by atoms with Gasteiger partial charge in [0, 0.05) is 23.3 Å². The van der Waals surface area contributed by atoms with Crippen molar-refractivity contribution in [2.75, 3.05) is 7.11 Å². The second-order valence-corrected chi connectivity index (χ2v) is 5.57. The molecule has 0 spiro atoms. The van der Waals surface area contributed by atoms with E-state index in [0.29, 0.717) is 12.1 Å². The Balaban J connectivity index is 1.74. The third kappa shape index (κ3) is 3.73. The number of hydrogen-bond acceptors (Lipinski definition) is 5. The standard InChI is InChI=1S/C17H15N3O2S/c1-22-16-4-2-12(3-5-16)13-6-14(8-18-7-13)17(21)19-9-15-10-23-11-20-15/h2-8,10-11H,9H2,1H3,(H,19,21). The number of pyridine rings is 1. The molecule has 0 aliphatic rings. The molecule has 3 rings (SSSR count). The highest BCUT2D eigenvalue weighted by atomic mass is 32.1. The molecule has 0 fully saturated rings. The first-order chi connectivity index (χ1) is 11.3. The van der Waals surface area contributed by atoms with Crippen LogP contribution in [0.3, 0.4) is 0 Å². The van der Waals surface area contributed by atoms with Crippen LogP contribution >= 0.6 is 11.3 Å². The summed E-state index contributed by atoms with van der Waals surface area (Å²) in [5.41, 5.74) is 4.98. The normalized spacial score (nSPS) is 10.3. The highest BCUT2D eigenvalue weighted by Crippen LogP contribution is 2.22. The Kier molecular flexibility index (Phi) is 4.63. The van der Waals surface area contributed by atoms with Crippen LogP contribution in [0.15, 0.2) is 53.6 Å². The number of carbonyl (C=O) groups excluding carboxylic acids is 1. The van der Waals surface area contributed by atoms with Gasteiger partial charge in [0.2, 0.25) is 0 Å². The second-order valence-electron chi connectivity index (χ2n) is 4.85. The first-order valence-electron chi connectivity index (χ1n) is 7.01. The smallest absolute Gasteiger partial charge is 0.253 e. The fourth-order valence-electron chi connectivity index (χ4n) is 2.10. The molecule has 6 heteroatoms. The maximum absolute atomic E-state index is 12.2. The molecule has 0 atom stereocenters. The lowest BCUT2D eigenvalue weighted by Gasteiger charge is -2.07. The monoisotopic (exact) mass is 325 g/mol. The third-order valence-corrected chi connectivity index (χ3v) is 3.97. The van der Waals surface area contributed by atoms with E-state index >= 15 is 0 Å². The molecule has 0 saturated carbocycles. The van der Waals surface area contributed by atoms with Crippen molar-refractivity contribution < 1.29 is 9.53 Å². The van der Waals surface area contributed by atoms with E-state index in [9.17, 15) is 4.79 Å². The molecule has 0 saturated heterocycles. The number of nitrogens with zero attached hydrogens (tertiary/aromatic N) is 2. The molecular formula is C17H15N3O2S. The molecule has 2 aromatic heterocycles. The van der Waals surface area contributed by atoms with Gasteiger partial charge in [0.25, 0.3) is 5.91 Å². The Morgan fingerprint density at radius 1 is 1.22 bits per heavy atom. The van der Waals surface area contributed by atoms with E-state index in [2.05, 4.69) is 15.3 Å². The maximum Gasteiger partial charge on any atom is 0.253 e. The van der Waals surface area contributed by atoms with Crippen LogP contribution in [-0.4, -0.2) is 23.0 Å². The molecule has 0 aliphatic carbocycles. The zero-order valence-electron chi connectivity index (χ0n) is 12.5. The molecule has 0 radical (unpaired) electrons. The van der Waals surface area contributed by atoms with Crippen molar-refractivity contribution in [1.29, 1.82) is 0 Å². The van der Waals surface area contributed by atoms with Crippen LogP contribution in [0.5, 0.6) is 5.75 Å². The van der Waals surface area contributed by atoms with Crippen molar-refractivity contribution in [1.82, 2.24) is 15.3 Å². The summed E-state index contributed by atoms with van der Waals surface area (Å²) in [4.78, 5) is 20.5. The number of aromatic nitrogens is 2. The molecule has 3 aromatic rings. The average molecular weight is 325 g/mol. The molecule has 5 nitrogen and oxygen atoms in total. The first kappa shape index (κ1) is 15.2. The van der Waals surface area contributed by atoms with Crippen LogP contribution < -0.4 is 10.1 Å². The summed E-state index contributed by atoms with van der Waals surface area (Å²) in [6.07, 6.45) is 3.29. The van der Waals surface area contributed by atoms with Crippen LogP contribution in [0.2, 0.25) is 0 Å². The summed E-state index contributed by atoms with van der Waals surface area (Å²) >= 11 is 1.50. The van der Waals surface area contributed by atoms with Gasteiger partial charge < -0.3 is 10.1 Å². The van der Waals surface area contributed by atoms with Crippen LogP contribution in [-0.2, 0) is 6.54 Å². The Morgan fingerprint density at radius 2 is 2.04 bits per heavy atom. The fourth-order valence-corrected chi connectivity index (χ4v) is 2.66. The van der Waals surface area contributed by atoms with Gasteiger partial charge in [-0.05, 0) is 23.8 Å². The van der Waals surface area contributed by atoms with Gasteiger partial charge in [-0.25, -0.2) is 4.98 Å². The number of hydrogen-bond donors (Lipinski definition) is 1. The maximum atomic E-state index is 12.2. The topological polar surface area (TPSA) is 64.1 Å². The predicted octanol–water partition coefficient (Wildman–Crippen LogP) is 3.14. The van der Waals surface area contributed by atoms with Crippen LogP contribution in [0.4, 0.5) is 0 Å². The Labute approximate surface area is 138 Å². The van der Waals surface area contributed by atoms with Gasteiger partial charge in [-0.15, -0.1) is 11.3 Å². The van der Waals surface area contributed by atoms with Gasteiger partial charge in [-0.3, -0.25) is 9.78 Å². The molecule has 23 heavy (non-hydrogen) atoms. The third-order valence-electron chi connectivity index (χ3n) is 3.34. The SMILES string of the molecule is COc1ccc(-c2cncc(C(=O)NCc3cscn3)c2)cc1. The molecule has 0 aliphatic heterocycles. The minimum Gasteiger partial charge on any atom is -0.497 e. The van der Waals surface area contributed by atoms with E-state index < -0.39 is 0 Å². The molecule has 1 N–H and O–H groups in total. The lowest BCUT2D eigenvalue weighted by atomic mass is 10.1. The summed E-state index contributed by atoms with van der Waals surface area (Å²) in [7, 11) is 1.63. The van der Waals surface area contributed by atoms with Crippen molar-refractivity contribution in [3.05, 3.63) is 64.9 Å². The van der Waals surface area contributed by atoms with Crippen molar-refractivity contribution in [2.24, 2.45) is 0 Å². The average Bonchev–Trinajstić information content (AvgIpc) is 3.13. The molecule has 0 bridgehead atoms. The number of ether oxygens (including phenoxy) is 1. The number of benzene rings is 1. The van der Waals surface area contributed by atoms with Crippen molar-refractivity contribution in [3.8, 4) is 16.9 Å². The summed E-state index contributed by atoms with van der Waals surface area (Å²) in [6, 6.07) is 9.46. The Bertz CT molecular complexity index is 786. The minimum absolute atomic E-state index is 0.166. The molecule has 116 valence electrons. The summed E-state index contributed by atoms with van der Waals surface area (Å²) in [5, 5.41) is 4.75. The minimum atomic E-state index is -0.166. The van der Waals surface area contributed by atoms with Crippen molar-refractivity contribution in [3.63, 3.8) is 0 Å². The zero-order chi connectivity index (χ0) is 16.1. The van der Waals surface area contributed by atoms with E-state index in [1.807, 2.05) is 35.7 Å². The molecule has 1 amide bonds. The van der Waals surface area contributed by atoms with E-state index in [4.69, 9.17) is 4.74 Å². The van der Waals surface area contributed by atoms with Gasteiger partial charge in [-0.2, -0.15) is 0 Å². The number of methoxy groups -OCH3 is 1. The summed E-state index contributed by atoms with van der Waals surface area (Å²) < 4.78 is 5.15. The van der Waals surface area contributed by atoms with Gasteiger partial charge in [0.15, 0.2) is 0 Å². The predicted molar refractivity (Wildman–Crippen MR) is 89.5 cm³/mol. The van der Waals surface area contributed by atoms with E-state index in [1.165, 1.54) is 11.3 Å². The number of amides is 1. The summed E-state index contributed by atoms with van der Waals surface area (Å²) in [6.45, 7) is 0.412. The highest BCUT2D eigenvalue weighted by molar-refractivity contribution is 7.07. The molecule has 2 heterocycles. The molecular weight excluding hydrogens is 310 g/mol. The summed E-state index contributed by atoms with van der Waals surface area (Å²) in [5.74, 6) is 0.625. The quantitative estimate of drug-likeness (QED) is 0.783. The van der Waals surface area contributed by atoms with Gasteiger partial charge in [-0.1, -0.05) is 12.1 Å². The van der Waals surface area contributed by atoms with Crippen LogP contribution in [0.25, 0.3) is 11.1 Å². The van der Waals surface area contributed by atoms with Crippen LogP contribution in [0.1, 0.15) is 16.1 Å². The first-order valence-corrected chi connectivity index (χ1v) is 7.95.